The summed E-state index contributed by atoms with van der Waals surface area (Å²) in [5, 5.41) is 3.05. The molecule has 2 heterocycles. The van der Waals surface area contributed by atoms with Crippen LogP contribution in [0.25, 0.3) is 0 Å². The van der Waals surface area contributed by atoms with Crippen LogP contribution in [0.1, 0.15) is 24.8 Å². The van der Waals surface area contributed by atoms with Crippen molar-refractivity contribution in [2.24, 2.45) is 5.41 Å². The van der Waals surface area contributed by atoms with Crippen LogP contribution in [0.15, 0.2) is 30.6 Å². The average molecular weight is 410 g/mol. The predicted molar refractivity (Wildman–Crippen MR) is 111 cm³/mol. The summed E-state index contributed by atoms with van der Waals surface area (Å²) in [7, 11) is 1.73. The Labute approximate surface area is 175 Å². The predicted octanol–water partition coefficient (Wildman–Crippen LogP) is 2.92. The summed E-state index contributed by atoms with van der Waals surface area (Å²) >= 11 is 0. The van der Waals surface area contributed by atoms with Crippen molar-refractivity contribution in [3.63, 3.8) is 0 Å². The van der Waals surface area contributed by atoms with Gasteiger partial charge in [-0.1, -0.05) is 0 Å². The van der Waals surface area contributed by atoms with E-state index in [1.807, 2.05) is 25.1 Å². The quantitative estimate of drug-likeness (QED) is 0.784. The van der Waals surface area contributed by atoms with Crippen LogP contribution in [-0.2, 0) is 14.3 Å². The standard InChI is InChI=1S/C22H26N4O4/c1-15-9-16(25-19(27)21-12-22(13-21,14-21)28-2)3-4-18(15)30-17-10-23-20(24-11-17)26-5-7-29-8-6-26/h3-4,9-11H,5-8,12-14H2,1-2H3,(H,25,27). The van der Waals surface area contributed by atoms with Gasteiger partial charge in [-0.05, 0) is 49.9 Å². The third-order valence-corrected chi connectivity index (χ3v) is 6.47. The molecule has 0 radical (unpaired) electrons. The monoisotopic (exact) mass is 410 g/mol. The number of carbonyl (C=O) groups is 1. The molecule has 6 rings (SSSR count). The van der Waals surface area contributed by atoms with Crippen molar-refractivity contribution in [3.8, 4) is 11.5 Å². The molecule has 3 saturated carbocycles. The molecule has 158 valence electrons. The number of methoxy groups -OCH3 is 1. The van der Waals surface area contributed by atoms with Crippen LogP contribution in [0.4, 0.5) is 11.6 Å². The number of nitrogens with one attached hydrogen (secondary N) is 1. The van der Waals surface area contributed by atoms with Gasteiger partial charge in [0.05, 0.1) is 36.6 Å². The van der Waals surface area contributed by atoms with E-state index in [4.69, 9.17) is 14.2 Å². The molecule has 2 aromatic rings. The molecule has 1 aliphatic heterocycles. The lowest BCUT2D eigenvalue weighted by atomic mass is 9.40. The number of rotatable bonds is 6. The van der Waals surface area contributed by atoms with Gasteiger partial charge in [-0.25, -0.2) is 9.97 Å². The molecular formula is C22H26N4O4. The van der Waals surface area contributed by atoms with Gasteiger partial charge in [-0.3, -0.25) is 4.79 Å². The third-order valence-electron chi connectivity index (χ3n) is 6.47. The van der Waals surface area contributed by atoms with Crippen LogP contribution in [0.5, 0.6) is 11.5 Å². The van der Waals surface area contributed by atoms with Crippen molar-refractivity contribution in [1.82, 2.24) is 9.97 Å². The molecule has 4 aliphatic rings. The van der Waals surface area contributed by atoms with Gasteiger partial charge >= 0.3 is 0 Å². The van der Waals surface area contributed by atoms with Crippen LogP contribution in [0.3, 0.4) is 0 Å². The van der Waals surface area contributed by atoms with E-state index in [2.05, 4.69) is 20.2 Å². The zero-order chi connectivity index (χ0) is 20.8. The number of aromatic nitrogens is 2. The van der Waals surface area contributed by atoms with Crippen LogP contribution in [0, 0.1) is 12.3 Å². The number of hydrogen-bond donors (Lipinski definition) is 1. The van der Waals surface area contributed by atoms with E-state index in [-0.39, 0.29) is 16.9 Å². The summed E-state index contributed by atoms with van der Waals surface area (Å²) in [6.07, 6.45) is 5.83. The molecule has 1 aromatic heterocycles. The lowest BCUT2D eigenvalue weighted by Crippen LogP contribution is -2.72. The molecule has 1 N–H and O–H groups in total. The molecule has 0 spiro atoms. The van der Waals surface area contributed by atoms with E-state index in [0.29, 0.717) is 30.7 Å². The highest BCUT2D eigenvalue weighted by molar-refractivity contribution is 5.98. The minimum atomic E-state index is -0.237. The molecule has 0 unspecified atom stereocenters. The SMILES string of the molecule is COC12CC(C(=O)Nc3ccc(Oc4cnc(N5CCOCC5)nc4)c(C)c3)(C1)C2. The second-order valence-electron chi connectivity index (χ2n) is 8.55. The number of nitrogens with zero attached hydrogens (tertiary/aromatic N) is 3. The van der Waals surface area contributed by atoms with Crippen molar-refractivity contribution in [2.75, 3.05) is 43.6 Å². The minimum Gasteiger partial charge on any atom is -0.454 e. The van der Waals surface area contributed by atoms with Gasteiger partial charge in [0.1, 0.15) is 5.75 Å². The van der Waals surface area contributed by atoms with Gasteiger partial charge in [0, 0.05) is 25.9 Å². The van der Waals surface area contributed by atoms with Crippen molar-refractivity contribution in [3.05, 3.63) is 36.2 Å². The summed E-state index contributed by atoms with van der Waals surface area (Å²) in [6, 6.07) is 5.65. The fourth-order valence-corrected chi connectivity index (χ4v) is 4.67. The van der Waals surface area contributed by atoms with Crippen molar-refractivity contribution in [2.45, 2.75) is 31.8 Å². The maximum absolute atomic E-state index is 12.6. The Morgan fingerprint density at radius 1 is 1.17 bits per heavy atom. The summed E-state index contributed by atoms with van der Waals surface area (Å²) < 4.78 is 16.8. The van der Waals surface area contributed by atoms with Gasteiger partial charge in [-0.2, -0.15) is 0 Å². The van der Waals surface area contributed by atoms with Crippen molar-refractivity contribution in [1.29, 1.82) is 0 Å². The Bertz CT molecular complexity index is 936. The largest absolute Gasteiger partial charge is 0.454 e. The number of anilines is 2. The van der Waals surface area contributed by atoms with Crippen LogP contribution in [0.2, 0.25) is 0 Å². The number of aryl methyl sites for hydroxylation is 1. The van der Waals surface area contributed by atoms with E-state index in [9.17, 15) is 4.79 Å². The van der Waals surface area contributed by atoms with Crippen LogP contribution < -0.4 is 15.0 Å². The maximum Gasteiger partial charge on any atom is 0.230 e. The van der Waals surface area contributed by atoms with Gasteiger partial charge in [0.25, 0.3) is 0 Å². The van der Waals surface area contributed by atoms with E-state index in [1.165, 1.54) is 0 Å². The molecule has 8 nitrogen and oxygen atoms in total. The van der Waals surface area contributed by atoms with Crippen molar-refractivity contribution >= 4 is 17.5 Å². The normalized spacial score (nSPS) is 27.1. The highest BCUT2D eigenvalue weighted by Gasteiger charge is 2.72. The third kappa shape index (κ3) is 3.30. The number of carbonyl (C=O) groups excluding carboxylic acids is 1. The zero-order valence-electron chi connectivity index (χ0n) is 17.3. The molecular weight excluding hydrogens is 384 g/mol. The topological polar surface area (TPSA) is 85.8 Å². The number of hydrogen-bond acceptors (Lipinski definition) is 7. The number of amides is 1. The van der Waals surface area contributed by atoms with Crippen molar-refractivity contribution < 1.29 is 19.0 Å². The molecule has 4 fully saturated rings. The van der Waals surface area contributed by atoms with Gasteiger partial charge in [0.15, 0.2) is 5.75 Å². The summed E-state index contributed by atoms with van der Waals surface area (Å²) in [6.45, 7) is 4.92. The summed E-state index contributed by atoms with van der Waals surface area (Å²) in [5.41, 5.74) is 1.43. The molecule has 1 aromatic carbocycles. The number of benzene rings is 1. The fourth-order valence-electron chi connectivity index (χ4n) is 4.67. The molecule has 8 heteroatoms. The first-order valence-corrected chi connectivity index (χ1v) is 10.3. The van der Waals surface area contributed by atoms with Gasteiger partial charge in [-0.15, -0.1) is 0 Å². The number of ether oxygens (including phenoxy) is 3. The lowest BCUT2D eigenvalue weighted by Gasteiger charge is -2.67. The first-order valence-electron chi connectivity index (χ1n) is 10.3. The molecule has 2 bridgehead atoms. The second kappa shape index (κ2) is 7.21. The Morgan fingerprint density at radius 3 is 2.50 bits per heavy atom. The molecule has 3 aliphatic carbocycles. The summed E-state index contributed by atoms with van der Waals surface area (Å²) in [5.74, 6) is 2.05. The maximum atomic E-state index is 12.6. The Morgan fingerprint density at radius 2 is 1.87 bits per heavy atom. The summed E-state index contributed by atoms with van der Waals surface area (Å²) in [4.78, 5) is 23.6. The Kier molecular flexibility index (Phi) is 4.63. The number of morpholine rings is 1. The van der Waals surface area contributed by atoms with E-state index < -0.39 is 0 Å². The second-order valence-corrected chi connectivity index (χ2v) is 8.55. The molecule has 0 atom stereocenters. The zero-order valence-corrected chi connectivity index (χ0v) is 17.3. The fraction of sp³-hybridized carbons (Fsp3) is 0.500. The minimum absolute atomic E-state index is 0.0374. The molecule has 1 amide bonds. The lowest BCUT2D eigenvalue weighted by molar-refractivity contribution is -0.260. The highest BCUT2D eigenvalue weighted by Crippen LogP contribution is 2.69. The van der Waals surface area contributed by atoms with Crippen LogP contribution >= 0.6 is 0 Å². The average Bonchev–Trinajstić information content (AvgIpc) is 2.70. The van der Waals surface area contributed by atoms with E-state index in [0.717, 1.165) is 43.6 Å². The van der Waals surface area contributed by atoms with E-state index >= 15 is 0 Å². The Balaban J connectivity index is 1.20. The molecule has 1 saturated heterocycles. The van der Waals surface area contributed by atoms with Gasteiger partial charge in [0.2, 0.25) is 11.9 Å². The van der Waals surface area contributed by atoms with Gasteiger partial charge < -0.3 is 24.4 Å². The first-order chi connectivity index (χ1) is 14.5. The Hall–Kier alpha value is -2.71. The first kappa shape index (κ1) is 19.3. The van der Waals surface area contributed by atoms with E-state index in [1.54, 1.807) is 19.5 Å². The molecule has 30 heavy (non-hydrogen) atoms. The van der Waals surface area contributed by atoms with Crippen LogP contribution in [-0.4, -0.2) is 54.9 Å². The highest BCUT2D eigenvalue weighted by atomic mass is 16.5. The smallest absolute Gasteiger partial charge is 0.230 e.